The molecule has 1 aromatic heterocycles. The number of carbonyl (C=O) groups is 1. The highest BCUT2D eigenvalue weighted by Gasteiger charge is 2.41. The highest BCUT2D eigenvalue weighted by atomic mass is 16.6. The summed E-state index contributed by atoms with van der Waals surface area (Å²) in [5.41, 5.74) is 2.81. The Kier molecular flexibility index (Phi) is 4.12. The first-order valence-corrected chi connectivity index (χ1v) is 8.61. The second-order valence-electron chi connectivity index (χ2n) is 6.52. The average molecular weight is 373 g/mol. The number of aromatic nitrogens is 2. The van der Waals surface area contributed by atoms with E-state index in [-0.39, 0.29) is 5.69 Å². The number of nitriles is 1. The number of nitro groups is 1. The van der Waals surface area contributed by atoms with Crippen molar-refractivity contribution in [1.82, 2.24) is 9.78 Å². The van der Waals surface area contributed by atoms with E-state index in [0.717, 1.165) is 11.3 Å². The first-order valence-electron chi connectivity index (χ1n) is 8.61. The van der Waals surface area contributed by atoms with Crippen LogP contribution in [0.3, 0.4) is 0 Å². The summed E-state index contributed by atoms with van der Waals surface area (Å²) in [5, 5.41) is 28.0. The summed E-state index contributed by atoms with van der Waals surface area (Å²) in [6, 6.07) is 17.4. The maximum atomic E-state index is 12.7. The summed E-state index contributed by atoms with van der Waals surface area (Å²) in [6.07, 6.45) is 0. The number of nitrogens with one attached hydrogen (secondary N) is 1. The monoisotopic (exact) mass is 373 g/mol. The van der Waals surface area contributed by atoms with Gasteiger partial charge in [0.25, 0.3) is 5.69 Å². The van der Waals surface area contributed by atoms with Crippen LogP contribution in [0, 0.1) is 34.3 Å². The molecule has 138 valence electrons. The quantitative estimate of drug-likeness (QED) is 0.559. The third-order valence-corrected chi connectivity index (χ3v) is 4.88. The fraction of sp³-hybridized carbons (Fsp3) is 0.150. The molecule has 2 heterocycles. The van der Waals surface area contributed by atoms with Crippen LogP contribution in [-0.4, -0.2) is 20.6 Å². The van der Waals surface area contributed by atoms with E-state index < -0.39 is 22.7 Å². The molecule has 1 N–H and O–H groups in total. The average Bonchev–Trinajstić information content (AvgIpc) is 3.03. The molecule has 0 fully saturated rings. The lowest BCUT2D eigenvalue weighted by Crippen LogP contribution is -2.34. The molecular weight excluding hydrogens is 358 g/mol. The number of anilines is 1. The number of para-hydroxylation sites is 1. The lowest BCUT2D eigenvalue weighted by molar-refractivity contribution is -0.384. The number of fused-ring (bicyclic) bond motifs is 1. The van der Waals surface area contributed by atoms with Crippen LogP contribution in [0.4, 0.5) is 11.5 Å². The van der Waals surface area contributed by atoms with Crippen LogP contribution >= 0.6 is 0 Å². The Balaban J connectivity index is 1.90. The fourth-order valence-corrected chi connectivity index (χ4v) is 3.60. The van der Waals surface area contributed by atoms with Gasteiger partial charge in [0.2, 0.25) is 5.91 Å². The molecule has 0 aliphatic carbocycles. The van der Waals surface area contributed by atoms with Crippen molar-refractivity contribution in [1.29, 1.82) is 5.26 Å². The van der Waals surface area contributed by atoms with Crippen LogP contribution in [0.5, 0.6) is 0 Å². The van der Waals surface area contributed by atoms with Gasteiger partial charge in [0, 0.05) is 23.6 Å². The first kappa shape index (κ1) is 17.4. The molecule has 0 spiro atoms. The predicted octanol–water partition coefficient (Wildman–Crippen LogP) is 3.31. The number of non-ortho nitro benzene ring substituents is 1. The van der Waals surface area contributed by atoms with Crippen molar-refractivity contribution < 1.29 is 9.72 Å². The molecule has 1 amide bonds. The molecule has 8 nitrogen and oxygen atoms in total. The van der Waals surface area contributed by atoms with Crippen LogP contribution in [0.1, 0.15) is 22.7 Å². The molecule has 0 saturated carbocycles. The van der Waals surface area contributed by atoms with Gasteiger partial charge in [-0.15, -0.1) is 0 Å². The molecule has 2 unspecified atom stereocenters. The molecule has 0 bridgehead atoms. The molecule has 3 aromatic rings. The first-order chi connectivity index (χ1) is 13.5. The van der Waals surface area contributed by atoms with Gasteiger partial charge in [-0.3, -0.25) is 14.9 Å². The van der Waals surface area contributed by atoms with E-state index in [9.17, 15) is 20.2 Å². The van der Waals surface area contributed by atoms with E-state index in [0.29, 0.717) is 17.1 Å². The van der Waals surface area contributed by atoms with Gasteiger partial charge >= 0.3 is 0 Å². The van der Waals surface area contributed by atoms with Gasteiger partial charge in [-0.1, -0.05) is 30.3 Å². The van der Waals surface area contributed by atoms with E-state index in [2.05, 4.69) is 16.5 Å². The number of nitrogens with zero attached hydrogens (tertiary/aromatic N) is 4. The number of carbonyl (C=O) groups excluding carboxylic acids is 1. The predicted molar refractivity (Wildman–Crippen MR) is 101 cm³/mol. The summed E-state index contributed by atoms with van der Waals surface area (Å²) in [7, 11) is 0. The van der Waals surface area contributed by atoms with Crippen molar-refractivity contribution in [2.45, 2.75) is 12.8 Å². The van der Waals surface area contributed by atoms with Gasteiger partial charge in [0.05, 0.1) is 22.4 Å². The highest BCUT2D eigenvalue weighted by molar-refractivity contribution is 5.98. The highest BCUT2D eigenvalue weighted by Crippen LogP contribution is 2.43. The molecule has 4 rings (SSSR count). The molecule has 1 aliphatic rings. The summed E-state index contributed by atoms with van der Waals surface area (Å²) in [4.78, 5) is 23.1. The van der Waals surface area contributed by atoms with Crippen LogP contribution < -0.4 is 5.32 Å². The minimum Gasteiger partial charge on any atom is -0.309 e. The number of rotatable bonds is 3. The zero-order chi connectivity index (χ0) is 19.8. The zero-order valence-corrected chi connectivity index (χ0v) is 14.9. The van der Waals surface area contributed by atoms with E-state index >= 15 is 0 Å². The van der Waals surface area contributed by atoms with E-state index in [4.69, 9.17) is 0 Å². The van der Waals surface area contributed by atoms with Crippen molar-refractivity contribution >= 4 is 17.4 Å². The van der Waals surface area contributed by atoms with Crippen LogP contribution in [0.15, 0.2) is 54.6 Å². The maximum Gasteiger partial charge on any atom is 0.269 e. The Morgan fingerprint density at radius 1 is 1.18 bits per heavy atom. The van der Waals surface area contributed by atoms with Crippen LogP contribution in [0.25, 0.3) is 5.69 Å². The topological polar surface area (TPSA) is 114 Å². The van der Waals surface area contributed by atoms with Crippen molar-refractivity contribution in [2.75, 3.05) is 5.32 Å². The minimum atomic E-state index is -0.957. The van der Waals surface area contributed by atoms with Crippen molar-refractivity contribution in [3.63, 3.8) is 0 Å². The third-order valence-electron chi connectivity index (χ3n) is 4.88. The Morgan fingerprint density at radius 2 is 1.86 bits per heavy atom. The number of aryl methyl sites for hydroxylation is 1. The third kappa shape index (κ3) is 2.70. The SMILES string of the molecule is Cc1nn(-c2ccccc2)c2c1C(c1ccc([N+](=O)[O-])cc1)C(C#N)C(=O)N2. The van der Waals surface area contributed by atoms with Crippen molar-refractivity contribution in [3.05, 3.63) is 81.5 Å². The Morgan fingerprint density at radius 3 is 2.46 bits per heavy atom. The molecule has 2 atom stereocenters. The van der Waals surface area contributed by atoms with E-state index in [1.165, 1.54) is 12.1 Å². The fourth-order valence-electron chi connectivity index (χ4n) is 3.60. The number of hydrogen-bond donors (Lipinski definition) is 1. The molecule has 28 heavy (non-hydrogen) atoms. The smallest absolute Gasteiger partial charge is 0.269 e. The summed E-state index contributed by atoms with van der Waals surface area (Å²) >= 11 is 0. The zero-order valence-electron chi connectivity index (χ0n) is 14.9. The Bertz CT molecular complexity index is 1110. The molecule has 0 saturated heterocycles. The lowest BCUT2D eigenvalue weighted by atomic mass is 9.78. The van der Waals surface area contributed by atoms with Crippen molar-refractivity contribution in [2.24, 2.45) is 5.92 Å². The minimum absolute atomic E-state index is 0.0468. The number of hydrogen-bond acceptors (Lipinski definition) is 5. The van der Waals surface area contributed by atoms with Crippen LogP contribution in [-0.2, 0) is 4.79 Å². The summed E-state index contributed by atoms with van der Waals surface area (Å²) in [5.74, 6) is -1.42. The van der Waals surface area contributed by atoms with Crippen LogP contribution in [0.2, 0.25) is 0 Å². The Hall–Kier alpha value is -3.99. The van der Waals surface area contributed by atoms with E-state index in [1.54, 1.807) is 16.8 Å². The van der Waals surface area contributed by atoms with Crippen molar-refractivity contribution in [3.8, 4) is 11.8 Å². The lowest BCUT2D eigenvalue weighted by Gasteiger charge is -2.28. The van der Waals surface area contributed by atoms with Gasteiger partial charge in [-0.25, -0.2) is 4.68 Å². The number of amides is 1. The summed E-state index contributed by atoms with van der Waals surface area (Å²) < 4.78 is 1.65. The standard InChI is InChI=1S/C20H15N5O3/c1-12-17-18(13-7-9-15(10-8-13)25(27)28)16(11-21)20(26)22-19(17)24(23-12)14-5-3-2-4-6-14/h2-10,16,18H,1H3,(H,22,26). The van der Waals surface area contributed by atoms with Gasteiger partial charge < -0.3 is 5.32 Å². The normalized spacial score (nSPS) is 18.1. The Labute approximate surface area is 160 Å². The molecular formula is C20H15N5O3. The molecule has 2 aromatic carbocycles. The second kappa shape index (κ2) is 6.63. The molecule has 0 radical (unpaired) electrons. The second-order valence-corrected chi connectivity index (χ2v) is 6.52. The summed E-state index contributed by atoms with van der Waals surface area (Å²) in [6.45, 7) is 1.82. The number of benzene rings is 2. The van der Waals surface area contributed by atoms with Gasteiger partial charge in [0.1, 0.15) is 11.7 Å². The van der Waals surface area contributed by atoms with Gasteiger partial charge in [-0.05, 0) is 24.6 Å². The maximum absolute atomic E-state index is 12.7. The van der Waals surface area contributed by atoms with Gasteiger partial charge in [0.15, 0.2) is 0 Å². The largest absolute Gasteiger partial charge is 0.309 e. The van der Waals surface area contributed by atoms with E-state index in [1.807, 2.05) is 37.3 Å². The molecule has 8 heteroatoms. The number of nitro benzene ring substituents is 1. The molecule has 1 aliphatic heterocycles. The van der Waals surface area contributed by atoms with Gasteiger partial charge in [-0.2, -0.15) is 10.4 Å².